The predicted molar refractivity (Wildman–Crippen MR) is 69.9 cm³/mol. The summed E-state index contributed by atoms with van der Waals surface area (Å²) in [5.74, 6) is -0.250. The van der Waals surface area contributed by atoms with Crippen LogP contribution in [0.5, 0.6) is 0 Å². The van der Waals surface area contributed by atoms with Crippen molar-refractivity contribution >= 4 is 11.0 Å². The second-order valence-corrected chi connectivity index (χ2v) is 5.17. The van der Waals surface area contributed by atoms with E-state index in [4.69, 9.17) is 0 Å². The first-order valence-corrected chi connectivity index (χ1v) is 6.77. The molecule has 2 N–H and O–H groups in total. The summed E-state index contributed by atoms with van der Waals surface area (Å²) < 4.78 is 26.6. The summed E-state index contributed by atoms with van der Waals surface area (Å²) in [7, 11) is 0. The predicted octanol–water partition coefficient (Wildman–Crippen LogP) is 2.77. The molecule has 1 aromatic carbocycles. The van der Waals surface area contributed by atoms with Crippen LogP contribution in [0.4, 0.5) is 8.78 Å². The lowest BCUT2D eigenvalue weighted by Gasteiger charge is -2.21. The van der Waals surface area contributed by atoms with Crippen LogP contribution in [0.3, 0.4) is 0 Å². The maximum atomic E-state index is 13.5. The number of imidazole rings is 1. The van der Waals surface area contributed by atoms with Gasteiger partial charge in [-0.3, -0.25) is 0 Å². The molecule has 1 aliphatic heterocycles. The van der Waals surface area contributed by atoms with E-state index in [2.05, 4.69) is 15.3 Å². The minimum Gasteiger partial charge on any atom is -0.342 e. The van der Waals surface area contributed by atoms with Crippen molar-refractivity contribution in [2.45, 2.75) is 25.7 Å². The molecule has 1 aliphatic rings. The first-order valence-electron chi connectivity index (χ1n) is 6.77. The monoisotopic (exact) mass is 265 g/mol. The lowest BCUT2D eigenvalue weighted by atomic mass is 9.93. The minimum absolute atomic E-state index is 0.111. The first kappa shape index (κ1) is 12.5. The Bertz CT molecular complexity index is 573. The molecule has 1 fully saturated rings. The van der Waals surface area contributed by atoms with Crippen molar-refractivity contribution in [2.24, 2.45) is 5.92 Å². The Morgan fingerprint density at radius 3 is 2.79 bits per heavy atom. The topological polar surface area (TPSA) is 40.7 Å². The van der Waals surface area contributed by atoms with Crippen LogP contribution in [-0.4, -0.2) is 23.1 Å². The molecule has 1 aromatic heterocycles. The highest BCUT2D eigenvalue weighted by Crippen LogP contribution is 2.21. The Hall–Kier alpha value is -1.49. The summed E-state index contributed by atoms with van der Waals surface area (Å²) in [4.78, 5) is 7.24. The van der Waals surface area contributed by atoms with Crippen LogP contribution >= 0.6 is 0 Å². The maximum Gasteiger partial charge on any atom is 0.186 e. The SMILES string of the molecule is Fc1ccc2[nH]c(CCC3CCNCC3)nc2c1F. The average Bonchev–Trinajstić information content (AvgIpc) is 2.86. The number of fused-ring (bicyclic) bond motifs is 1. The van der Waals surface area contributed by atoms with Crippen LogP contribution in [0.1, 0.15) is 25.1 Å². The number of nitrogens with zero attached hydrogens (tertiary/aromatic N) is 1. The van der Waals surface area contributed by atoms with Crippen molar-refractivity contribution in [1.29, 1.82) is 0 Å². The Morgan fingerprint density at radius 1 is 1.21 bits per heavy atom. The van der Waals surface area contributed by atoms with Gasteiger partial charge in [0.25, 0.3) is 0 Å². The molecule has 1 saturated heterocycles. The Balaban J connectivity index is 1.72. The van der Waals surface area contributed by atoms with E-state index in [9.17, 15) is 8.78 Å². The molecule has 0 spiro atoms. The van der Waals surface area contributed by atoms with E-state index in [0.717, 1.165) is 37.8 Å². The lowest BCUT2D eigenvalue weighted by molar-refractivity contribution is 0.352. The quantitative estimate of drug-likeness (QED) is 0.896. The van der Waals surface area contributed by atoms with Gasteiger partial charge >= 0.3 is 0 Å². The third-order valence-electron chi connectivity index (χ3n) is 3.84. The van der Waals surface area contributed by atoms with Gasteiger partial charge in [0.15, 0.2) is 11.6 Å². The number of halogens is 2. The van der Waals surface area contributed by atoms with Gasteiger partial charge in [0.05, 0.1) is 5.52 Å². The van der Waals surface area contributed by atoms with Gasteiger partial charge in [-0.25, -0.2) is 13.8 Å². The van der Waals surface area contributed by atoms with Crippen molar-refractivity contribution in [1.82, 2.24) is 15.3 Å². The van der Waals surface area contributed by atoms with E-state index < -0.39 is 11.6 Å². The van der Waals surface area contributed by atoms with Gasteiger partial charge in [0.1, 0.15) is 11.3 Å². The zero-order valence-electron chi connectivity index (χ0n) is 10.7. The number of H-pyrrole nitrogens is 1. The fourth-order valence-electron chi connectivity index (χ4n) is 2.70. The zero-order chi connectivity index (χ0) is 13.2. The van der Waals surface area contributed by atoms with Crippen molar-refractivity contribution in [3.05, 3.63) is 29.6 Å². The molecule has 2 heterocycles. The third kappa shape index (κ3) is 2.61. The standard InChI is InChI=1S/C14H17F2N3/c15-10-2-3-11-14(13(10)16)19-12(18-11)4-1-9-5-7-17-8-6-9/h2-3,9,17H,1,4-8H2,(H,18,19). The van der Waals surface area contributed by atoms with Crippen molar-refractivity contribution < 1.29 is 8.78 Å². The number of piperidine rings is 1. The second-order valence-electron chi connectivity index (χ2n) is 5.17. The fourth-order valence-corrected chi connectivity index (χ4v) is 2.70. The maximum absolute atomic E-state index is 13.5. The smallest absolute Gasteiger partial charge is 0.186 e. The molecule has 0 unspecified atom stereocenters. The number of aromatic nitrogens is 2. The summed E-state index contributed by atoms with van der Waals surface area (Å²) in [5, 5.41) is 3.33. The fraction of sp³-hybridized carbons (Fsp3) is 0.500. The Labute approximate surface area is 110 Å². The van der Waals surface area contributed by atoms with E-state index >= 15 is 0 Å². The van der Waals surface area contributed by atoms with E-state index in [1.165, 1.54) is 18.9 Å². The van der Waals surface area contributed by atoms with Gasteiger partial charge in [-0.05, 0) is 50.4 Å². The zero-order valence-corrected chi connectivity index (χ0v) is 10.7. The van der Waals surface area contributed by atoms with Crippen LogP contribution in [0.15, 0.2) is 12.1 Å². The molecular weight excluding hydrogens is 248 g/mol. The van der Waals surface area contributed by atoms with Gasteiger partial charge in [-0.15, -0.1) is 0 Å². The minimum atomic E-state index is -0.859. The van der Waals surface area contributed by atoms with E-state index in [0.29, 0.717) is 11.4 Å². The van der Waals surface area contributed by atoms with E-state index in [1.54, 1.807) is 0 Å². The molecule has 3 nitrogen and oxygen atoms in total. The summed E-state index contributed by atoms with van der Waals surface area (Å²) in [6.07, 6.45) is 4.21. The molecule has 5 heteroatoms. The molecule has 102 valence electrons. The van der Waals surface area contributed by atoms with Crippen LogP contribution in [0, 0.1) is 17.6 Å². The molecule has 3 rings (SSSR count). The average molecular weight is 265 g/mol. The number of benzene rings is 1. The molecule has 0 saturated carbocycles. The summed E-state index contributed by atoms with van der Waals surface area (Å²) in [5.41, 5.74) is 0.680. The molecule has 2 aromatic rings. The largest absolute Gasteiger partial charge is 0.342 e. The van der Waals surface area contributed by atoms with Crippen molar-refractivity contribution in [3.63, 3.8) is 0 Å². The second kappa shape index (κ2) is 5.25. The van der Waals surface area contributed by atoms with Gasteiger partial charge in [-0.2, -0.15) is 0 Å². The molecule has 0 amide bonds. The van der Waals surface area contributed by atoms with Crippen LogP contribution in [0.25, 0.3) is 11.0 Å². The van der Waals surface area contributed by atoms with Gasteiger partial charge in [-0.1, -0.05) is 0 Å². The van der Waals surface area contributed by atoms with Gasteiger partial charge in [0.2, 0.25) is 0 Å². The number of aryl methyl sites for hydroxylation is 1. The number of hydrogen-bond donors (Lipinski definition) is 2. The van der Waals surface area contributed by atoms with Gasteiger partial charge in [0, 0.05) is 6.42 Å². The third-order valence-corrected chi connectivity index (χ3v) is 3.84. The van der Waals surface area contributed by atoms with Crippen LogP contribution in [0.2, 0.25) is 0 Å². The highest BCUT2D eigenvalue weighted by atomic mass is 19.2. The van der Waals surface area contributed by atoms with E-state index in [-0.39, 0.29) is 5.52 Å². The Morgan fingerprint density at radius 2 is 2.00 bits per heavy atom. The highest BCUT2D eigenvalue weighted by molar-refractivity contribution is 5.75. The molecule has 0 aliphatic carbocycles. The Kier molecular flexibility index (Phi) is 3.46. The number of nitrogens with one attached hydrogen (secondary N) is 2. The first-order chi connectivity index (χ1) is 9.24. The molecule has 0 bridgehead atoms. The normalized spacial score (nSPS) is 17.2. The highest BCUT2D eigenvalue weighted by Gasteiger charge is 2.15. The van der Waals surface area contributed by atoms with Crippen LogP contribution in [-0.2, 0) is 6.42 Å². The summed E-state index contributed by atoms with van der Waals surface area (Å²) >= 11 is 0. The summed E-state index contributed by atoms with van der Waals surface area (Å²) in [6.45, 7) is 2.15. The summed E-state index contributed by atoms with van der Waals surface area (Å²) in [6, 6.07) is 2.67. The van der Waals surface area contributed by atoms with Gasteiger partial charge < -0.3 is 10.3 Å². The van der Waals surface area contributed by atoms with Crippen LogP contribution < -0.4 is 5.32 Å². The molecule has 0 radical (unpaired) electrons. The van der Waals surface area contributed by atoms with Crippen molar-refractivity contribution in [3.8, 4) is 0 Å². The molecular formula is C14H17F2N3. The molecule has 0 atom stereocenters. The van der Waals surface area contributed by atoms with Crippen molar-refractivity contribution in [2.75, 3.05) is 13.1 Å². The van der Waals surface area contributed by atoms with E-state index in [1.807, 2.05) is 0 Å². The lowest BCUT2D eigenvalue weighted by Crippen LogP contribution is -2.27. The number of aromatic amines is 1. The molecule has 19 heavy (non-hydrogen) atoms. The number of hydrogen-bond acceptors (Lipinski definition) is 2. The number of rotatable bonds is 3.